The minimum Gasteiger partial charge on any atom is -0.497 e. The fourth-order valence-corrected chi connectivity index (χ4v) is 4.24. The van der Waals surface area contributed by atoms with Crippen molar-refractivity contribution in [3.05, 3.63) is 53.6 Å². The predicted molar refractivity (Wildman–Crippen MR) is 137 cm³/mol. The van der Waals surface area contributed by atoms with E-state index in [2.05, 4.69) is 5.32 Å². The van der Waals surface area contributed by atoms with Crippen LogP contribution in [0.2, 0.25) is 0 Å². The Bertz CT molecular complexity index is 1090. The second-order valence-electron chi connectivity index (χ2n) is 9.16. The van der Waals surface area contributed by atoms with Gasteiger partial charge in [-0.05, 0) is 49.4 Å². The number of rotatable bonds is 4. The van der Waals surface area contributed by atoms with Crippen molar-refractivity contribution in [2.75, 3.05) is 46.3 Å². The van der Waals surface area contributed by atoms with Crippen LogP contribution < -0.4 is 14.8 Å². The van der Waals surface area contributed by atoms with Crippen molar-refractivity contribution in [3.63, 3.8) is 0 Å². The van der Waals surface area contributed by atoms with Gasteiger partial charge >= 0.3 is 0 Å². The summed E-state index contributed by atoms with van der Waals surface area (Å²) in [7, 11) is 4.87. The first kappa shape index (κ1) is 27.0. The molecule has 0 bridgehead atoms. The number of carbonyl (C=O) groups is 3. The Morgan fingerprint density at radius 2 is 1.75 bits per heavy atom. The average Bonchev–Trinajstić information content (AvgIpc) is 2.87. The van der Waals surface area contributed by atoms with Crippen molar-refractivity contribution in [3.8, 4) is 11.5 Å². The number of hydrogen-bond acceptors (Lipinski definition) is 6. The number of nitrogens with one attached hydrogen (secondary N) is 1. The van der Waals surface area contributed by atoms with Gasteiger partial charge in [-0.15, -0.1) is 0 Å². The Morgan fingerprint density at radius 1 is 1.06 bits per heavy atom. The normalized spacial score (nSPS) is 20.9. The summed E-state index contributed by atoms with van der Waals surface area (Å²) in [5.41, 5.74) is 1.23. The molecular weight excluding hydrogens is 462 g/mol. The van der Waals surface area contributed by atoms with E-state index >= 15 is 0 Å². The second kappa shape index (κ2) is 11.9. The molecule has 0 aliphatic carbocycles. The van der Waals surface area contributed by atoms with E-state index in [4.69, 9.17) is 14.2 Å². The van der Waals surface area contributed by atoms with Crippen molar-refractivity contribution in [1.82, 2.24) is 9.80 Å². The van der Waals surface area contributed by atoms with Crippen molar-refractivity contribution in [1.29, 1.82) is 0 Å². The summed E-state index contributed by atoms with van der Waals surface area (Å²) >= 11 is 0. The van der Waals surface area contributed by atoms with Gasteiger partial charge < -0.3 is 29.3 Å². The van der Waals surface area contributed by atoms with Crippen LogP contribution >= 0.6 is 0 Å². The third kappa shape index (κ3) is 6.34. The summed E-state index contributed by atoms with van der Waals surface area (Å²) < 4.78 is 16.9. The molecule has 0 aromatic heterocycles. The van der Waals surface area contributed by atoms with E-state index in [1.165, 1.54) is 6.92 Å². The highest BCUT2D eigenvalue weighted by molar-refractivity contribution is 6.05. The number of likely N-dealkylation sites (N-methyl/N-ethyl adjacent to an activating group) is 1. The quantitative estimate of drug-likeness (QED) is 0.696. The summed E-state index contributed by atoms with van der Waals surface area (Å²) in [4.78, 5) is 41.9. The number of amides is 3. The van der Waals surface area contributed by atoms with E-state index < -0.39 is 0 Å². The standard InChI is InChI=1S/C27H35N3O6/c1-17-14-30(19(3)31)18(2)16-36-24-12-9-21(13-23(24)27(33)29(4)15-25(17)35-6)28-26(32)20-7-10-22(34-5)11-8-20/h7-13,17-18,25H,14-16H2,1-6H3,(H,28,32)/t17-,18+,25-/m0/s1. The van der Waals surface area contributed by atoms with E-state index in [1.807, 2.05) is 13.8 Å². The lowest BCUT2D eigenvalue weighted by Crippen LogP contribution is -2.48. The molecule has 3 amide bonds. The lowest BCUT2D eigenvalue weighted by Gasteiger charge is -2.35. The van der Waals surface area contributed by atoms with E-state index in [0.29, 0.717) is 41.4 Å². The predicted octanol–water partition coefficient (Wildman–Crippen LogP) is 3.30. The molecule has 36 heavy (non-hydrogen) atoms. The number of anilines is 1. The van der Waals surface area contributed by atoms with Gasteiger partial charge in [-0.2, -0.15) is 0 Å². The molecule has 3 atom stereocenters. The number of ether oxygens (including phenoxy) is 3. The van der Waals surface area contributed by atoms with E-state index in [-0.39, 0.29) is 42.4 Å². The Kier molecular flexibility index (Phi) is 8.93. The highest BCUT2D eigenvalue weighted by Gasteiger charge is 2.29. The van der Waals surface area contributed by atoms with Gasteiger partial charge in [0, 0.05) is 51.3 Å². The summed E-state index contributed by atoms with van der Waals surface area (Å²) in [6.07, 6.45) is -0.269. The molecule has 1 aliphatic rings. The maximum atomic E-state index is 13.5. The molecule has 9 heteroatoms. The summed E-state index contributed by atoms with van der Waals surface area (Å²) in [6.45, 7) is 6.49. The number of benzene rings is 2. The molecule has 194 valence electrons. The molecule has 1 aliphatic heterocycles. The summed E-state index contributed by atoms with van der Waals surface area (Å²) in [5, 5.41) is 2.84. The van der Waals surface area contributed by atoms with E-state index in [0.717, 1.165) is 0 Å². The fourth-order valence-electron chi connectivity index (χ4n) is 4.24. The molecule has 3 rings (SSSR count). The molecule has 0 saturated heterocycles. The number of carbonyl (C=O) groups excluding carboxylic acids is 3. The first-order chi connectivity index (χ1) is 17.1. The molecule has 0 radical (unpaired) electrons. The van der Waals surface area contributed by atoms with Gasteiger partial charge in [0.2, 0.25) is 5.91 Å². The Morgan fingerprint density at radius 3 is 2.36 bits per heavy atom. The largest absolute Gasteiger partial charge is 0.497 e. The maximum Gasteiger partial charge on any atom is 0.257 e. The van der Waals surface area contributed by atoms with Gasteiger partial charge in [-0.3, -0.25) is 14.4 Å². The zero-order valence-corrected chi connectivity index (χ0v) is 21.7. The minimum absolute atomic E-state index is 0.00869. The number of methoxy groups -OCH3 is 2. The van der Waals surface area contributed by atoms with Crippen molar-refractivity contribution >= 4 is 23.4 Å². The molecule has 9 nitrogen and oxygen atoms in total. The monoisotopic (exact) mass is 497 g/mol. The van der Waals surface area contributed by atoms with Crippen LogP contribution in [0.5, 0.6) is 11.5 Å². The van der Waals surface area contributed by atoms with Crippen LogP contribution in [0.4, 0.5) is 5.69 Å². The molecule has 0 unspecified atom stereocenters. The Balaban J connectivity index is 1.92. The zero-order chi connectivity index (χ0) is 26.4. The van der Waals surface area contributed by atoms with Crippen LogP contribution in [0.3, 0.4) is 0 Å². The van der Waals surface area contributed by atoms with Gasteiger partial charge in [0.25, 0.3) is 11.8 Å². The van der Waals surface area contributed by atoms with Crippen LogP contribution in [0.15, 0.2) is 42.5 Å². The summed E-state index contributed by atoms with van der Waals surface area (Å²) in [5.74, 6) is 0.408. The highest BCUT2D eigenvalue weighted by Crippen LogP contribution is 2.27. The van der Waals surface area contributed by atoms with E-state index in [9.17, 15) is 14.4 Å². The van der Waals surface area contributed by atoms with Gasteiger partial charge in [-0.1, -0.05) is 6.92 Å². The number of nitrogens with zero attached hydrogens (tertiary/aromatic N) is 2. The van der Waals surface area contributed by atoms with Gasteiger partial charge in [0.05, 0.1) is 24.8 Å². The maximum absolute atomic E-state index is 13.5. The molecule has 1 heterocycles. The van der Waals surface area contributed by atoms with Crippen LogP contribution in [0.25, 0.3) is 0 Å². The molecule has 2 aromatic carbocycles. The molecule has 0 saturated carbocycles. The smallest absolute Gasteiger partial charge is 0.257 e. The van der Waals surface area contributed by atoms with Crippen LogP contribution in [-0.4, -0.2) is 80.6 Å². The average molecular weight is 498 g/mol. The molecule has 0 spiro atoms. The van der Waals surface area contributed by atoms with Crippen molar-refractivity contribution in [2.24, 2.45) is 5.92 Å². The number of hydrogen-bond donors (Lipinski definition) is 1. The van der Waals surface area contributed by atoms with Gasteiger partial charge in [0.15, 0.2) is 0 Å². The molecule has 2 aromatic rings. The van der Waals surface area contributed by atoms with Gasteiger partial charge in [0.1, 0.15) is 18.1 Å². The molecule has 0 fully saturated rings. The third-order valence-electron chi connectivity index (χ3n) is 6.46. The van der Waals surface area contributed by atoms with Crippen molar-refractivity contribution < 1.29 is 28.6 Å². The summed E-state index contributed by atoms with van der Waals surface area (Å²) in [6, 6.07) is 11.5. The van der Waals surface area contributed by atoms with Crippen LogP contribution in [0, 0.1) is 5.92 Å². The topological polar surface area (TPSA) is 97.4 Å². The number of fused-ring (bicyclic) bond motifs is 1. The Hall–Kier alpha value is -3.59. The van der Waals surface area contributed by atoms with Crippen molar-refractivity contribution in [2.45, 2.75) is 32.9 Å². The van der Waals surface area contributed by atoms with E-state index in [1.54, 1.807) is 73.5 Å². The zero-order valence-electron chi connectivity index (χ0n) is 21.7. The van der Waals surface area contributed by atoms with Crippen LogP contribution in [-0.2, 0) is 9.53 Å². The van der Waals surface area contributed by atoms with Gasteiger partial charge in [-0.25, -0.2) is 0 Å². The fraction of sp³-hybridized carbons (Fsp3) is 0.444. The lowest BCUT2D eigenvalue weighted by atomic mass is 10.0. The highest BCUT2D eigenvalue weighted by atomic mass is 16.5. The molecular formula is C27H35N3O6. The molecule has 1 N–H and O–H groups in total. The second-order valence-corrected chi connectivity index (χ2v) is 9.16. The van der Waals surface area contributed by atoms with Crippen LogP contribution in [0.1, 0.15) is 41.5 Å². The third-order valence-corrected chi connectivity index (χ3v) is 6.46. The minimum atomic E-state index is -0.313. The first-order valence-corrected chi connectivity index (χ1v) is 11.9. The first-order valence-electron chi connectivity index (χ1n) is 11.9. The SMILES string of the molecule is COc1ccc(C(=O)Nc2ccc3c(c2)C(=O)N(C)C[C@H](OC)[C@@H](C)CN(C(C)=O)[C@H](C)CO3)cc1. The Labute approximate surface area is 212 Å². The lowest BCUT2D eigenvalue weighted by molar-refractivity contribution is -0.133.